The summed E-state index contributed by atoms with van der Waals surface area (Å²) in [5.74, 6) is 1.44. The summed E-state index contributed by atoms with van der Waals surface area (Å²) in [6.07, 6.45) is 4.12. The van der Waals surface area contributed by atoms with Crippen molar-refractivity contribution in [3.05, 3.63) is 41.2 Å². The number of aliphatic imine (C=N–C) groups is 2. The fraction of sp³-hybridized carbons (Fsp3) is 0.333. The Bertz CT molecular complexity index is 893. The highest BCUT2D eigenvalue weighted by Crippen LogP contribution is 2.26. The molecule has 1 aromatic rings. The van der Waals surface area contributed by atoms with Crippen LogP contribution in [0.3, 0.4) is 0 Å². The van der Waals surface area contributed by atoms with E-state index in [0.717, 1.165) is 35.6 Å². The molecule has 1 aliphatic carbocycles. The Morgan fingerprint density at radius 3 is 2.92 bits per heavy atom. The molecule has 0 bridgehead atoms. The maximum atomic E-state index is 9.34. The molecule has 1 saturated carbocycles. The fourth-order valence-corrected chi connectivity index (χ4v) is 2.81. The van der Waals surface area contributed by atoms with Crippen molar-refractivity contribution in [3.8, 4) is 12.1 Å². The largest absolute Gasteiger partial charge is 0.341 e. The Morgan fingerprint density at radius 1 is 1.36 bits per heavy atom. The van der Waals surface area contributed by atoms with E-state index in [1.165, 1.54) is 0 Å². The number of fused-ring (bicyclic) bond motifs is 1. The first-order valence-electron chi connectivity index (χ1n) is 8.25. The average Bonchev–Trinajstić information content (AvgIpc) is 3.33. The van der Waals surface area contributed by atoms with Crippen molar-refractivity contribution in [1.82, 2.24) is 10.4 Å². The maximum absolute atomic E-state index is 9.34. The van der Waals surface area contributed by atoms with Gasteiger partial charge in [0.25, 0.3) is 0 Å². The molecule has 2 aliphatic heterocycles. The molecule has 1 unspecified atom stereocenters. The van der Waals surface area contributed by atoms with Crippen molar-refractivity contribution >= 4 is 17.2 Å². The Balaban J connectivity index is 1.64. The highest BCUT2D eigenvalue weighted by molar-refractivity contribution is 6.46. The first kappa shape index (κ1) is 15.2. The molecule has 7 heteroatoms. The Morgan fingerprint density at radius 2 is 2.20 bits per heavy atom. The Kier molecular flexibility index (Phi) is 3.62. The van der Waals surface area contributed by atoms with Gasteiger partial charge in [0.2, 0.25) is 0 Å². The average molecular weight is 331 g/mol. The van der Waals surface area contributed by atoms with E-state index in [1.807, 2.05) is 31.2 Å². The van der Waals surface area contributed by atoms with Crippen molar-refractivity contribution in [1.29, 1.82) is 10.5 Å². The van der Waals surface area contributed by atoms with Gasteiger partial charge in [-0.15, -0.1) is 0 Å². The SMILES string of the molecule is Cc1ccc(NC2=CC(=NC3CC3)C3=NCC(C#N)N3N2)cc1C#N. The first-order valence-corrected chi connectivity index (χ1v) is 8.25. The molecule has 124 valence electrons. The van der Waals surface area contributed by atoms with E-state index in [4.69, 9.17) is 4.99 Å². The third-order valence-corrected chi connectivity index (χ3v) is 4.36. The van der Waals surface area contributed by atoms with Crippen molar-refractivity contribution in [2.45, 2.75) is 31.8 Å². The van der Waals surface area contributed by atoms with E-state index in [0.29, 0.717) is 24.0 Å². The predicted octanol–water partition coefficient (Wildman–Crippen LogP) is 1.85. The highest BCUT2D eigenvalue weighted by atomic mass is 15.6. The number of nitrogens with zero attached hydrogens (tertiary/aromatic N) is 5. The molecule has 0 radical (unpaired) electrons. The second-order valence-corrected chi connectivity index (χ2v) is 6.36. The van der Waals surface area contributed by atoms with E-state index in [9.17, 15) is 10.5 Å². The van der Waals surface area contributed by atoms with Gasteiger partial charge in [-0.3, -0.25) is 15.4 Å². The number of anilines is 1. The molecule has 25 heavy (non-hydrogen) atoms. The number of amidine groups is 1. The summed E-state index contributed by atoms with van der Waals surface area (Å²) in [6.45, 7) is 2.35. The van der Waals surface area contributed by atoms with E-state index in [1.54, 1.807) is 5.01 Å². The summed E-state index contributed by atoms with van der Waals surface area (Å²) >= 11 is 0. The minimum absolute atomic E-state index is 0.349. The zero-order chi connectivity index (χ0) is 17.4. The van der Waals surface area contributed by atoms with Crippen LogP contribution in [0, 0.1) is 29.6 Å². The number of hydrazine groups is 1. The second-order valence-electron chi connectivity index (χ2n) is 6.36. The molecule has 1 aromatic carbocycles. The first-order chi connectivity index (χ1) is 12.2. The molecule has 0 aromatic heterocycles. The zero-order valence-corrected chi connectivity index (χ0v) is 13.8. The lowest BCUT2D eigenvalue weighted by molar-refractivity contribution is 0.328. The van der Waals surface area contributed by atoms with Crippen LogP contribution in [0.4, 0.5) is 5.69 Å². The minimum atomic E-state index is -0.349. The quantitative estimate of drug-likeness (QED) is 0.880. The molecule has 2 heterocycles. The van der Waals surface area contributed by atoms with Gasteiger partial charge in [0.1, 0.15) is 11.5 Å². The molecule has 3 aliphatic rings. The van der Waals surface area contributed by atoms with Crippen molar-refractivity contribution in [2.24, 2.45) is 9.98 Å². The van der Waals surface area contributed by atoms with Gasteiger partial charge in [-0.25, -0.2) is 5.01 Å². The normalized spacial score (nSPS) is 23.1. The standard InChI is InChI=1S/C18H17N7/c1-11-2-3-14(6-12(11)8-19)23-17-7-16(22-13-4-5-13)18-21-10-15(9-20)25(18)24-17/h2-3,6-7,13,15,23-24H,4-5,10H2,1H3. The van der Waals surface area contributed by atoms with Gasteiger partial charge in [-0.2, -0.15) is 10.5 Å². The number of hydrogen-bond donors (Lipinski definition) is 2. The fourth-order valence-electron chi connectivity index (χ4n) is 2.81. The van der Waals surface area contributed by atoms with Crippen LogP contribution in [0.15, 0.2) is 40.1 Å². The number of hydrogen-bond acceptors (Lipinski definition) is 7. The molecule has 2 N–H and O–H groups in total. The summed E-state index contributed by atoms with van der Waals surface area (Å²) in [4.78, 5) is 9.19. The molecule has 7 nitrogen and oxygen atoms in total. The third kappa shape index (κ3) is 2.92. The number of nitrogens with one attached hydrogen (secondary N) is 2. The molecule has 1 fully saturated rings. The van der Waals surface area contributed by atoms with Crippen LogP contribution >= 0.6 is 0 Å². The number of rotatable bonds is 3. The number of aryl methyl sites for hydroxylation is 1. The van der Waals surface area contributed by atoms with Gasteiger partial charge in [0, 0.05) is 11.8 Å². The lowest BCUT2D eigenvalue weighted by Crippen LogP contribution is -2.52. The van der Waals surface area contributed by atoms with Crippen LogP contribution in [-0.4, -0.2) is 35.2 Å². The van der Waals surface area contributed by atoms with Gasteiger partial charge >= 0.3 is 0 Å². The number of benzene rings is 1. The molecule has 0 amide bonds. The van der Waals surface area contributed by atoms with E-state index < -0.39 is 0 Å². The molecule has 0 saturated heterocycles. The summed E-state index contributed by atoms with van der Waals surface area (Å²) in [5, 5.41) is 23.6. The van der Waals surface area contributed by atoms with Gasteiger partial charge in [0.05, 0.1) is 30.3 Å². The summed E-state index contributed by atoms with van der Waals surface area (Å²) in [6, 6.07) is 10.1. The monoisotopic (exact) mass is 331 g/mol. The van der Waals surface area contributed by atoms with E-state index in [2.05, 4.69) is 27.9 Å². The zero-order valence-electron chi connectivity index (χ0n) is 13.8. The van der Waals surface area contributed by atoms with Crippen molar-refractivity contribution < 1.29 is 0 Å². The molecule has 0 spiro atoms. The van der Waals surface area contributed by atoms with E-state index in [-0.39, 0.29) is 6.04 Å². The Labute approximate surface area is 146 Å². The topological polar surface area (TPSA) is 99.6 Å². The summed E-state index contributed by atoms with van der Waals surface area (Å²) in [7, 11) is 0. The van der Waals surface area contributed by atoms with Gasteiger partial charge < -0.3 is 5.32 Å². The van der Waals surface area contributed by atoms with Crippen LogP contribution in [0.25, 0.3) is 0 Å². The highest BCUT2D eigenvalue weighted by Gasteiger charge is 2.35. The number of nitriles is 2. The lowest BCUT2D eigenvalue weighted by Gasteiger charge is -2.31. The van der Waals surface area contributed by atoms with Crippen molar-refractivity contribution in [2.75, 3.05) is 11.9 Å². The van der Waals surface area contributed by atoms with E-state index >= 15 is 0 Å². The van der Waals surface area contributed by atoms with Gasteiger partial charge in [-0.1, -0.05) is 6.07 Å². The molecular weight excluding hydrogens is 314 g/mol. The van der Waals surface area contributed by atoms with Crippen molar-refractivity contribution in [3.63, 3.8) is 0 Å². The van der Waals surface area contributed by atoms with Crippen LogP contribution in [-0.2, 0) is 0 Å². The lowest BCUT2D eigenvalue weighted by atomic mass is 10.1. The smallest absolute Gasteiger partial charge is 0.169 e. The molecular formula is C18H17N7. The predicted molar refractivity (Wildman–Crippen MR) is 94.7 cm³/mol. The molecule has 4 rings (SSSR count). The van der Waals surface area contributed by atoms with Gasteiger partial charge in [-0.05, 0) is 37.5 Å². The van der Waals surface area contributed by atoms with Crippen LogP contribution in [0.5, 0.6) is 0 Å². The maximum Gasteiger partial charge on any atom is 0.169 e. The Hall–Kier alpha value is -3.32. The molecule has 1 atom stereocenters. The van der Waals surface area contributed by atoms with Crippen LogP contribution in [0.2, 0.25) is 0 Å². The third-order valence-electron chi connectivity index (χ3n) is 4.36. The summed E-state index contributed by atoms with van der Waals surface area (Å²) < 4.78 is 0. The van der Waals surface area contributed by atoms with Crippen LogP contribution < -0.4 is 10.7 Å². The summed E-state index contributed by atoms with van der Waals surface area (Å²) in [5.41, 5.74) is 6.38. The van der Waals surface area contributed by atoms with Crippen LogP contribution in [0.1, 0.15) is 24.0 Å². The second kappa shape index (κ2) is 5.95. The van der Waals surface area contributed by atoms with Gasteiger partial charge in [0.15, 0.2) is 11.9 Å². The minimum Gasteiger partial charge on any atom is -0.341 e.